The fraction of sp³-hybridized carbons (Fsp3) is 0.400. The van der Waals surface area contributed by atoms with Crippen molar-refractivity contribution >= 4 is 24.4 Å². The Morgan fingerprint density at radius 2 is 2.11 bits per heavy atom. The van der Waals surface area contributed by atoms with Gasteiger partial charge in [-0.1, -0.05) is 11.6 Å². The molecule has 0 atom stereocenters. The summed E-state index contributed by atoms with van der Waals surface area (Å²) in [6.45, 7) is 3.68. The van der Waals surface area contributed by atoms with Crippen LogP contribution in [-0.2, 0) is 13.6 Å². The van der Waals surface area contributed by atoms with Gasteiger partial charge < -0.3 is 9.05 Å². The van der Waals surface area contributed by atoms with Crippen LogP contribution in [0.1, 0.15) is 13.8 Å². The summed E-state index contributed by atoms with van der Waals surface area (Å²) in [4.78, 5) is 0. The van der Waals surface area contributed by atoms with Gasteiger partial charge in [0.15, 0.2) is 5.31 Å². The lowest BCUT2D eigenvalue weighted by Gasteiger charge is -2.18. The molecule has 0 radical (unpaired) electrons. The number of allylic oxidation sites excluding steroid dienone is 3. The first-order valence-electron chi connectivity index (χ1n) is 5.28. The number of nitrogens with zero attached hydrogens (tertiary/aromatic N) is 2. The minimum atomic E-state index is -3.63. The van der Waals surface area contributed by atoms with Gasteiger partial charge in [0.05, 0.1) is 18.9 Å². The summed E-state index contributed by atoms with van der Waals surface area (Å²) in [7, 11) is -3.63. The van der Waals surface area contributed by atoms with Gasteiger partial charge in [0.1, 0.15) is 11.2 Å². The van der Waals surface area contributed by atoms with Crippen molar-refractivity contribution in [2.45, 2.75) is 13.8 Å². The number of rotatable bonds is 5. The molecule has 0 aromatic heterocycles. The molecule has 0 aromatic rings. The zero-order chi connectivity index (χ0) is 13.6. The molecule has 0 bridgehead atoms. The van der Waals surface area contributed by atoms with E-state index < -0.39 is 7.60 Å². The van der Waals surface area contributed by atoms with E-state index in [0.717, 1.165) is 0 Å². The molecule has 1 rings (SSSR count). The van der Waals surface area contributed by atoms with Crippen molar-refractivity contribution in [1.29, 1.82) is 5.26 Å². The Balaban J connectivity index is 3.16. The molecule has 0 aromatic carbocycles. The number of halogens is 1. The van der Waals surface area contributed by atoms with Crippen molar-refractivity contribution in [3.05, 3.63) is 23.2 Å². The summed E-state index contributed by atoms with van der Waals surface area (Å²) >= 11 is 5.63. The topological polar surface area (TPSA) is 83.7 Å². The Kier molecular flexibility index (Phi) is 5.57. The lowest BCUT2D eigenvalue weighted by Crippen LogP contribution is -2.13. The highest BCUT2D eigenvalue weighted by atomic mass is 35.5. The second-order valence-corrected chi connectivity index (χ2v) is 5.43. The minimum Gasteiger partial charge on any atom is -0.305 e. The average Bonchev–Trinajstić information content (AvgIpc) is 2.33. The fourth-order valence-electron chi connectivity index (χ4n) is 1.25. The largest absolute Gasteiger partial charge is 0.374 e. The molecule has 0 unspecified atom stereocenters. The Labute approximate surface area is 110 Å². The summed E-state index contributed by atoms with van der Waals surface area (Å²) < 4.78 is 22.6. The average molecular weight is 290 g/mol. The van der Waals surface area contributed by atoms with Crippen LogP contribution in [0.4, 0.5) is 0 Å². The number of hydrogen-bond acceptors (Lipinski definition) is 6. The van der Waals surface area contributed by atoms with E-state index in [1.807, 2.05) is 6.07 Å². The van der Waals surface area contributed by atoms with Crippen molar-refractivity contribution in [2.75, 3.05) is 13.2 Å². The second-order valence-electron chi connectivity index (χ2n) is 3.09. The Morgan fingerprint density at radius 3 is 2.50 bits per heavy atom. The first-order chi connectivity index (χ1) is 8.57. The summed E-state index contributed by atoms with van der Waals surface area (Å²) in [5.41, 5.74) is 2.79. The second kappa shape index (κ2) is 6.72. The molecule has 0 aliphatic carbocycles. The van der Waals surface area contributed by atoms with Gasteiger partial charge in [0.2, 0.25) is 0 Å². The molecule has 0 saturated carbocycles. The van der Waals surface area contributed by atoms with Crippen LogP contribution in [0.5, 0.6) is 0 Å². The molecule has 0 fully saturated rings. The third kappa shape index (κ3) is 3.44. The number of hydrazone groups is 1. The summed E-state index contributed by atoms with van der Waals surface area (Å²) in [5, 5.41) is 13.0. The maximum Gasteiger partial charge on any atom is 0.374 e. The molecule has 18 heavy (non-hydrogen) atoms. The fourth-order valence-corrected chi connectivity index (χ4v) is 2.91. The summed E-state index contributed by atoms with van der Waals surface area (Å²) in [6.07, 6.45) is 2.98. The van der Waals surface area contributed by atoms with Crippen LogP contribution in [0.2, 0.25) is 0 Å². The van der Waals surface area contributed by atoms with E-state index in [1.54, 1.807) is 13.8 Å². The van der Waals surface area contributed by atoms with Gasteiger partial charge in [-0.15, -0.1) is 0 Å². The van der Waals surface area contributed by atoms with Gasteiger partial charge in [-0.05, 0) is 26.0 Å². The van der Waals surface area contributed by atoms with Crippen molar-refractivity contribution in [3.63, 3.8) is 0 Å². The number of hydrogen-bond donors (Lipinski definition) is 1. The van der Waals surface area contributed by atoms with Crippen LogP contribution in [0.15, 0.2) is 28.3 Å². The van der Waals surface area contributed by atoms with Gasteiger partial charge in [0.25, 0.3) is 0 Å². The molecule has 1 aliphatic heterocycles. The quantitative estimate of drug-likeness (QED) is 0.621. The van der Waals surface area contributed by atoms with Crippen LogP contribution in [0.25, 0.3) is 0 Å². The first kappa shape index (κ1) is 14.9. The molecule has 98 valence electrons. The maximum atomic E-state index is 12.4. The van der Waals surface area contributed by atoms with Crippen LogP contribution < -0.4 is 5.43 Å². The molecule has 1 heterocycles. The Morgan fingerprint density at radius 1 is 1.50 bits per heavy atom. The van der Waals surface area contributed by atoms with E-state index in [-0.39, 0.29) is 29.4 Å². The van der Waals surface area contributed by atoms with Crippen molar-refractivity contribution in [2.24, 2.45) is 5.10 Å². The van der Waals surface area contributed by atoms with Crippen molar-refractivity contribution in [3.8, 4) is 6.07 Å². The molecule has 1 N–H and O–H groups in total. The third-order valence-corrected chi connectivity index (χ3v) is 4.20. The molecular weight excluding hydrogens is 277 g/mol. The molecular formula is C10H13ClN3O3P. The summed E-state index contributed by atoms with van der Waals surface area (Å²) in [6, 6.07) is 1.84. The van der Waals surface area contributed by atoms with E-state index >= 15 is 0 Å². The van der Waals surface area contributed by atoms with Gasteiger partial charge in [-0.3, -0.25) is 9.99 Å². The zero-order valence-corrected chi connectivity index (χ0v) is 11.7. The predicted octanol–water partition coefficient (Wildman–Crippen LogP) is 2.70. The summed E-state index contributed by atoms with van der Waals surface area (Å²) in [5.74, 6) is 0. The Bertz CT molecular complexity index is 483. The van der Waals surface area contributed by atoms with E-state index in [4.69, 9.17) is 25.9 Å². The van der Waals surface area contributed by atoms with Crippen LogP contribution >= 0.6 is 19.2 Å². The van der Waals surface area contributed by atoms with E-state index in [9.17, 15) is 4.57 Å². The number of nitrogens with one attached hydrogen (secondary N) is 1. The lowest BCUT2D eigenvalue weighted by atomic mass is 10.3. The molecule has 0 amide bonds. The van der Waals surface area contributed by atoms with E-state index in [1.165, 1.54) is 12.2 Å². The molecule has 1 aliphatic rings. The standard InChI is InChI=1S/C10H13ClN3O3P/c1-3-16-18(15,17-4-2)9(7-12)8-5-6-10(11)14-13-8/h5-6,13H,3-4H2,1-2H3/b9-8+. The first-order valence-corrected chi connectivity index (χ1v) is 7.20. The highest BCUT2D eigenvalue weighted by molar-refractivity contribution is 7.59. The monoisotopic (exact) mass is 289 g/mol. The third-order valence-electron chi connectivity index (χ3n) is 1.90. The van der Waals surface area contributed by atoms with Crippen LogP contribution in [0.3, 0.4) is 0 Å². The van der Waals surface area contributed by atoms with Gasteiger partial charge in [0, 0.05) is 0 Å². The van der Waals surface area contributed by atoms with Gasteiger partial charge in [-0.25, -0.2) is 0 Å². The smallest absolute Gasteiger partial charge is 0.305 e. The van der Waals surface area contributed by atoms with Gasteiger partial charge >= 0.3 is 7.60 Å². The highest BCUT2D eigenvalue weighted by Crippen LogP contribution is 2.56. The predicted molar refractivity (Wildman–Crippen MR) is 69.1 cm³/mol. The number of nitriles is 1. The van der Waals surface area contributed by atoms with Gasteiger partial charge in [-0.2, -0.15) is 10.4 Å². The lowest BCUT2D eigenvalue weighted by molar-refractivity contribution is 0.227. The maximum absolute atomic E-state index is 12.4. The Hall–Kier alpha value is -1.12. The highest BCUT2D eigenvalue weighted by Gasteiger charge is 2.33. The molecule has 8 heteroatoms. The van der Waals surface area contributed by atoms with E-state index in [0.29, 0.717) is 0 Å². The van der Waals surface area contributed by atoms with Crippen LogP contribution in [0, 0.1) is 11.3 Å². The van der Waals surface area contributed by atoms with Crippen molar-refractivity contribution in [1.82, 2.24) is 5.43 Å². The molecule has 0 spiro atoms. The minimum absolute atomic E-state index is 0.115. The van der Waals surface area contributed by atoms with E-state index in [2.05, 4.69) is 10.5 Å². The zero-order valence-electron chi connectivity index (χ0n) is 10.0. The molecule has 0 saturated heterocycles. The van der Waals surface area contributed by atoms with Crippen molar-refractivity contribution < 1.29 is 13.6 Å². The SMILES string of the molecule is CCOP(=O)(OCC)/C(C#N)=C1\C=CC(Cl)=NN1. The normalized spacial score (nSPS) is 17.8. The molecule has 6 nitrogen and oxygen atoms in total. The van der Waals surface area contributed by atoms with Crippen LogP contribution in [-0.4, -0.2) is 18.4 Å².